The summed E-state index contributed by atoms with van der Waals surface area (Å²) in [7, 11) is -0.975. The number of halogens is 1. The lowest BCUT2D eigenvalue weighted by molar-refractivity contribution is 0.633. The van der Waals surface area contributed by atoms with Crippen LogP contribution in [0.4, 0.5) is 5.82 Å². The molecule has 18 heavy (non-hydrogen) atoms. The number of anilines is 1. The molecule has 0 bridgehead atoms. The summed E-state index contributed by atoms with van der Waals surface area (Å²) in [6, 6.07) is 0. The quantitative estimate of drug-likeness (QED) is 0.864. The molecule has 2 heterocycles. The van der Waals surface area contributed by atoms with Crippen molar-refractivity contribution in [1.29, 1.82) is 0 Å². The first-order valence-electron chi connectivity index (χ1n) is 6.36. The summed E-state index contributed by atoms with van der Waals surface area (Å²) in [5.41, 5.74) is 1.01. The number of fused-ring (bicyclic) bond motifs is 1. The van der Waals surface area contributed by atoms with Crippen LogP contribution >= 0.6 is 11.6 Å². The lowest BCUT2D eigenvalue weighted by Gasteiger charge is -2.18. The minimum Gasteiger partial charge on any atom is -0.363 e. The number of hydrogen-bond acceptors (Lipinski definition) is 4. The van der Waals surface area contributed by atoms with E-state index in [0.717, 1.165) is 42.7 Å². The maximum absolute atomic E-state index is 12.0. The number of nitrogens with one attached hydrogen (secondary N) is 1. The molecule has 0 amide bonds. The standard InChI is InChI=1S/C12H16ClN3OS/c1-2-4-12(5-6-12)16-10-9-8(3-7-18(9)17)14-11(13)15-10/h2-7H2,1H3,(H,14,15,16). The van der Waals surface area contributed by atoms with E-state index in [4.69, 9.17) is 11.6 Å². The van der Waals surface area contributed by atoms with Gasteiger partial charge < -0.3 is 5.32 Å². The molecule has 3 rings (SSSR count). The SMILES string of the molecule is CCCC1(Nc2nc(Cl)nc3c2S(=O)CC3)CC1. The highest BCUT2D eigenvalue weighted by Gasteiger charge is 2.43. The van der Waals surface area contributed by atoms with Crippen molar-refractivity contribution in [2.24, 2.45) is 0 Å². The highest BCUT2D eigenvalue weighted by molar-refractivity contribution is 7.85. The predicted octanol–water partition coefficient (Wildman–Crippen LogP) is 2.54. The van der Waals surface area contributed by atoms with E-state index in [9.17, 15) is 4.21 Å². The maximum atomic E-state index is 12.0. The third kappa shape index (κ3) is 2.14. The molecular formula is C12H16ClN3OS. The molecule has 0 aromatic carbocycles. The molecule has 2 aliphatic rings. The number of aryl methyl sites for hydroxylation is 1. The summed E-state index contributed by atoms with van der Waals surface area (Å²) in [5, 5.41) is 3.73. The molecular weight excluding hydrogens is 270 g/mol. The van der Waals surface area contributed by atoms with E-state index in [0.29, 0.717) is 11.6 Å². The van der Waals surface area contributed by atoms with E-state index in [1.54, 1.807) is 0 Å². The molecule has 1 fully saturated rings. The van der Waals surface area contributed by atoms with E-state index in [1.165, 1.54) is 0 Å². The predicted molar refractivity (Wildman–Crippen MR) is 72.5 cm³/mol. The van der Waals surface area contributed by atoms with Crippen LogP contribution in [-0.2, 0) is 17.2 Å². The van der Waals surface area contributed by atoms with Gasteiger partial charge in [0.2, 0.25) is 5.28 Å². The minimum atomic E-state index is -0.975. The Morgan fingerprint density at radius 2 is 2.22 bits per heavy atom. The van der Waals surface area contributed by atoms with Crippen molar-refractivity contribution in [3.8, 4) is 0 Å². The third-order valence-corrected chi connectivity index (χ3v) is 5.25. The highest BCUT2D eigenvalue weighted by atomic mass is 35.5. The summed E-state index contributed by atoms with van der Waals surface area (Å²) in [6.45, 7) is 2.18. The van der Waals surface area contributed by atoms with E-state index >= 15 is 0 Å². The first-order valence-corrected chi connectivity index (χ1v) is 8.06. The van der Waals surface area contributed by atoms with E-state index in [2.05, 4.69) is 22.2 Å². The Morgan fingerprint density at radius 3 is 2.89 bits per heavy atom. The third-order valence-electron chi connectivity index (χ3n) is 3.63. The molecule has 0 radical (unpaired) electrons. The van der Waals surface area contributed by atoms with Gasteiger partial charge in [-0.15, -0.1) is 0 Å². The molecule has 1 atom stereocenters. The molecule has 1 saturated carbocycles. The van der Waals surface area contributed by atoms with Gasteiger partial charge in [0.15, 0.2) is 0 Å². The summed E-state index contributed by atoms with van der Waals surface area (Å²) in [4.78, 5) is 9.21. The zero-order chi connectivity index (χ0) is 12.8. The van der Waals surface area contributed by atoms with Crippen molar-refractivity contribution in [3.63, 3.8) is 0 Å². The average Bonchev–Trinajstić information content (AvgIpc) is 2.95. The molecule has 98 valence electrons. The highest BCUT2D eigenvalue weighted by Crippen LogP contribution is 2.44. The minimum absolute atomic E-state index is 0.160. The first kappa shape index (κ1) is 12.4. The van der Waals surface area contributed by atoms with Crippen LogP contribution in [-0.4, -0.2) is 25.5 Å². The topological polar surface area (TPSA) is 54.9 Å². The van der Waals surface area contributed by atoms with Crippen molar-refractivity contribution in [3.05, 3.63) is 11.0 Å². The smallest absolute Gasteiger partial charge is 0.224 e. The summed E-state index contributed by atoms with van der Waals surface area (Å²) < 4.78 is 12.0. The fourth-order valence-electron chi connectivity index (χ4n) is 2.57. The molecule has 1 aromatic heterocycles. The number of rotatable bonds is 4. The normalized spacial score (nSPS) is 23.8. The van der Waals surface area contributed by atoms with E-state index in [1.807, 2.05) is 0 Å². The fourth-order valence-corrected chi connectivity index (χ4v) is 4.06. The van der Waals surface area contributed by atoms with E-state index in [-0.39, 0.29) is 10.8 Å². The number of nitrogens with zero attached hydrogens (tertiary/aromatic N) is 2. The lowest BCUT2D eigenvalue weighted by Crippen LogP contribution is -2.23. The van der Waals surface area contributed by atoms with Gasteiger partial charge in [0, 0.05) is 17.7 Å². The Kier molecular flexibility index (Phi) is 3.06. The van der Waals surface area contributed by atoms with Crippen LogP contribution in [0.3, 0.4) is 0 Å². The van der Waals surface area contributed by atoms with Crippen LogP contribution in [0.2, 0.25) is 5.28 Å². The fraction of sp³-hybridized carbons (Fsp3) is 0.667. The molecule has 1 aliphatic heterocycles. The first-order chi connectivity index (χ1) is 8.63. The maximum Gasteiger partial charge on any atom is 0.224 e. The van der Waals surface area contributed by atoms with Gasteiger partial charge in [0.05, 0.1) is 16.5 Å². The van der Waals surface area contributed by atoms with E-state index < -0.39 is 10.8 Å². The van der Waals surface area contributed by atoms with Gasteiger partial charge in [-0.3, -0.25) is 4.21 Å². The van der Waals surface area contributed by atoms with Crippen LogP contribution in [0, 0.1) is 0 Å². The molecule has 0 saturated heterocycles. The zero-order valence-electron chi connectivity index (χ0n) is 10.3. The van der Waals surface area contributed by atoms with Crippen LogP contribution in [0.5, 0.6) is 0 Å². The Morgan fingerprint density at radius 1 is 1.44 bits per heavy atom. The Balaban J connectivity index is 1.95. The number of hydrogen-bond donors (Lipinski definition) is 1. The Bertz CT molecular complexity index is 516. The van der Waals surface area contributed by atoms with Gasteiger partial charge >= 0.3 is 0 Å². The van der Waals surface area contributed by atoms with Crippen molar-refractivity contribution >= 4 is 28.2 Å². The Labute approximate surface area is 114 Å². The summed E-state index contributed by atoms with van der Waals surface area (Å²) in [6.07, 6.45) is 5.31. The second-order valence-electron chi connectivity index (χ2n) is 5.07. The Hall–Kier alpha value is -0.680. The van der Waals surface area contributed by atoms with Crippen LogP contribution < -0.4 is 5.32 Å². The monoisotopic (exact) mass is 285 g/mol. The number of aromatic nitrogens is 2. The van der Waals surface area contributed by atoms with Crippen molar-refractivity contribution in [1.82, 2.24) is 9.97 Å². The van der Waals surface area contributed by atoms with Crippen molar-refractivity contribution in [2.45, 2.75) is 49.5 Å². The molecule has 6 heteroatoms. The van der Waals surface area contributed by atoms with Gasteiger partial charge in [-0.05, 0) is 30.9 Å². The largest absolute Gasteiger partial charge is 0.363 e. The van der Waals surface area contributed by atoms with Crippen LogP contribution in [0.1, 0.15) is 38.3 Å². The van der Waals surface area contributed by atoms with Crippen molar-refractivity contribution in [2.75, 3.05) is 11.1 Å². The summed E-state index contributed by atoms with van der Waals surface area (Å²) in [5.74, 6) is 1.34. The van der Waals surface area contributed by atoms with Gasteiger partial charge in [-0.2, -0.15) is 4.98 Å². The van der Waals surface area contributed by atoms with Gasteiger partial charge in [0.1, 0.15) is 10.7 Å². The van der Waals surface area contributed by atoms with Gasteiger partial charge in [-0.25, -0.2) is 4.98 Å². The molecule has 1 unspecified atom stereocenters. The van der Waals surface area contributed by atoms with Crippen LogP contribution in [0.15, 0.2) is 4.90 Å². The lowest BCUT2D eigenvalue weighted by atomic mass is 10.1. The average molecular weight is 286 g/mol. The molecule has 1 aromatic rings. The molecule has 1 N–H and O–H groups in total. The van der Waals surface area contributed by atoms with Gasteiger partial charge in [-0.1, -0.05) is 13.3 Å². The second kappa shape index (κ2) is 4.46. The zero-order valence-corrected chi connectivity index (χ0v) is 11.9. The van der Waals surface area contributed by atoms with Crippen LogP contribution in [0.25, 0.3) is 0 Å². The molecule has 4 nitrogen and oxygen atoms in total. The summed E-state index contributed by atoms with van der Waals surface area (Å²) >= 11 is 5.94. The molecule has 0 spiro atoms. The molecule has 1 aliphatic carbocycles. The van der Waals surface area contributed by atoms with Crippen molar-refractivity contribution < 1.29 is 4.21 Å². The van der Waals surface area contributed by atoms with Gasteiger partial charge in [0.25, 0.3) is 0 Å². The second-order valence-corrected chi connectivity index (χ2v) is 6.92.